The van der Waals surface area contributed by atoms with Crippen molar-refractivity contribution in [2.45, 2.75) is 26.3 Å². The minimum atomic E-state index is 0.478. The lowest BCUT2D eigenvalue weighted by Gasteiger charge is -2.25. The quantitative estimate of drug-likeness (QED) is 0.744. The van der Waals surface area contributed by atoms with Crippen LogP contribution in [0.1, 0.15) is 20.3 Å². The molecule has 2 heterocycles. The zero-order valence-corrected chi connectivity index (χ0v) is 11.1. The normalized spacial score (nSPS) is 26.0. The second kappa shape index (κ2) is 4.26. The molecule has 0 bridgehead atoms. The maximum atomic E-state index is 5.95. The molecule has 0 spiro atoms. The van der Waals surface area contributed by atoms with E-state index in [1.54, 1.807) is 0 Å². The Bertz CT molecular complexity index is 372. The van der Waals surface area contributed by atoms with Gasteiger partial charge in [-0.1, -0.05) is 18.5 Å². The van der Waals surface area contributed by atoms with Gasteiger partial charge in [-0.25, -0.2) is 9.97 Å². The number of aromatic nitrogens is 2. The van der Waals surface area contributed by atoms with Crippen molar-refractivity contribution >= 4 is 33.3 Å². The third-order valence-electron chi connectivity index (χ3n) is 3.14. The van der Waals surface area contributed by atoms with Gasteiger partial charge in [-0.2, -0.15) is 0 Å². The topological polar surface area (TPSA) is 29.0 Å². The summed E-state index contributed by atoms with van der Waals surface area (Å²) >= 11 is 9.39. The predicted molar refractivity (Wildman–Crippen MR) is 65.3 cm³/mol. The first-order chi connectivity index (χ1) is 7.11. The Balaban J connectivity index is 2.34. The molecular formula is C10H13BrClN3. The summed E-state index contributed by atoms with van der Waals surface area (Å²) in [5.74, 6) is 1.61. The van der Waals surface area contributed by atoms with Gasteiger partial charge in [0, 0.05) is 12.6 Å². The maximum absolute atomic E-state index is 5.95. The first-order valence-corrected chi connectivity index (χ1v) is 6.21. The molecule has 0 radical (unpaired) electrons. The lowest BCUT2D eigenvalue weighted by molar-refractivity contribution is 0.544. The van der Waals surface area contributed by atoms with Gasteiger partial charge in [-0.05, 0) is 35.2 Å². The molecule has 0 amide bonds. The van der Waals surface area contributed by atoms with E-state index in [-0.39, 0.29) is 0 Å². The molecule has 1 aromatic rings. The zero-order chi connectivity index (χ0) is 11.0. The van der Waals surface area contributed by atoms with E-state index in [1.165, 1.54) is 12.7 Å². The number of hydrogen-bond donors (Lipinski definition) is 0. The van der Waals surface area contributed by atoms with Crippen LogP contribution in [0.4, 0.5) is 5.82 Å². The summed E-state index contributed by atoms with van der Waals surface area (Å²) in [6.07, 6.45) is 2.72. The van der Waals surface area contributed by atoms with Gasteiger partial charge in [0.1, 0.15) is 17.3 Å². The van der Waals surface area contributed by atoms with E-state index in [0.717, 1.165) is 16.8 Å². The minimum absolute atomic E-state index is 0.478. The number of anilines is 1. The molecule has 2 atom stereocenters. The van der Waals surface area contributed by atoms with Crippen LogP contribution < -0.4 is 4.90 Å². The van der Waals surface area contributed by atoms with Crippen molar-refractivity contribution in [3.63, 3.8) is 0 Å². The standard InChI is InChI=1S/C10H13BrClN3/c1-6-3-4-15(7(6)2)10-8(11)9(12)13-5-14-10/h5-7H,3-4H2,1-2H3. The number of nitrogens with zero attached hydrogens (tertiary/aromatic N) is 3. The summed E-state index contributed by atoms with van der Waals surface area (Å²) in [6.45, 7) is 5.52. The summed E-state index contributed by atoms with van der Waals surface area (Å²) in [4.78, 5) is 10.5. The van der Waals surface area contributed by atoms with Crippen molar-refractivity contribution in [2.75, 3.05) is 11.4 Å². The molecule has 1 saturated heterocycles. The first-order valence-electron chi connectivity index (χ1n) is 5.04. The summed E-state index contributed by atoms with van der Waals surface area (Å²) < 4.78 is 0.799. The number of hydrogen-bond acceptors (Lipinski definition) is 3. The summed E-state index contributed by atoms with van der Waals surface area (Å²) in [6, 6.07) is 0.507. The molecule has 0 aliphatic carbocycles. The molecule has 0 N–H and O–H groups in total. The molecule has 2 rings (SSSR count). The maximum Gasteiger partial charge on any atom is 0.148 e. The Hall–Kier alpha value is -0.350. The Morgan fingerprint density at radius 1 is 1.47 bits per heavy atom. The van der Waals surface area contributed by atoms with E-state index < -0.39 is 0 Å². The van der Waals surface area contributed by atoms with Gasteiger partial charge in [0.05, 0.1) is 4.47 Å². The first kappa shape index (κ1) is 11.1. The van der Waals surface area contributed by atoms with E-state index in [4.69, 9.17) is 11.6 Å². The van der Waals surface area contributed by atoms with Crippen molar-refractivity contribution in [3.05, 3.63) is 16.0 Å². The highest BCUT2D eigenvalue weighted by Crippen LogP contribution is 2.35. The smallest absolute Gasteiger partial charge is 0.148 e. The average molecular weight is 291 g/mol. The fraction of sp³-hybridized carbons (Fsp3) is 0.600. The SMILES string of the molecule is CC1CCN(c2ncnc(Cl)c2Br)C1C. The second-order valence-electron chi connectivity index (χ2n) is 4.00. The Labute approximate surface area is 103 Å². The summed E-state index contributed by atoms with van der Waals surface area (Å²) in [7, 11) is 0. The van der Waals surface area contributed by atoms with E-state index in [9.17, 15) is 0 Å². The molecule has 2 unspecified atom stereocenters. The van der Waals surface area contributed by atoms with Crippen LogP contribution in [0.15, 0.2) is 10.8 Å². The Morgan fingerprint density at radius 3 is 2.80 bits per heavy atom. The van der Waals surface area contributed by atoms with Gasteiger partial charge in [-0.15, -0.1) is 0 Å². The van der Waals surface area contributed by atoms with Gasteiger partial charge < -0.3 is 4.90 Å². The van der Waals surface area contributed by atoms with Gasteiger partial charge in [0.25, 0.3) is 0 Å². The molecule has 1 aromatic heterocycles. The number of halogens is 2. The van der Waals surface area contributed by atoms with Crippen LogP contribution in [0.3, 0.4) is 0 Å². The highest BCUT2D eigenvalue weighted by atomic mass is 79.9. The molecule has 5 heteroatoms. The van der Waals surface area contributed by atoms with Crippen LogP contribution in [0.5, 0.6) is 0 Å². The second-order valence-corrected chi connectivity index (χ2v) is 5.15. The largest absolute Gasteiger partial charge is 0.353 e. The van der Waals surface area contributed by atoms with Crippen molar-refractivity contribution in [1.82, 2.24) is 9.97 Å². The lowest BCUT2D eigenvalue weighted by Crippen LogP contribution is -2.30. The van der Waals surface area contributed by atoms with E-state index in [0.29, 0.717) is 17.1 Å². The fourth-order valence-corrected chi connectivity index (χ4v) is 2.49. The molecule has 3 nitrogen and oxygen atoms in total. The van der Waals surface area contributed by atoms with E-state index >= 15 is 0 Å². The number of rotatable bonds is 1. The van der Waals surface area contributed by atoms with E-state index in [1.807, 2.05) is 0 Å². The predicted octanol–water partition coefficient (Wildman–Crippen LogP) is 3.13. The fourth-order valence-electron chi connectivity index (χ4n) is 1.93. The van der Waals surface area contributed by atoms with Crippen LogP contribution in [0, 0.1) is 5.92 Å². The Morgan fingerprint density at radius 2 is 2.20 bits per heavy atom. The molecule has 1 aliphatic heterocycles. The van der Waals surface area contributed by atoms with Gasteiger partial charge >= 0.3 is 0 Å². The third kappa shape index (κ3) is 1.97. The zero-order valence-electron chi connectivity index (χ0n) is 8.74. The summed E-state index contributed by atoms with van der Waals surface area (Å²) in [5.41, 5.74) is 0. The van der Waals surface area contributed by atoms with Crippen LogP contribution in [0.2, 0.25) is 5.15 Å². The van der Waals surface area contributed by atoms with Crippen LogP contribution >= 0.6 is 27.5 Å². The third-order valence-corrected chi connectivity index (χ3v) is 4.39. The van der Waals surface area contributed by atoms with Gasteiger partial charge in [0.15, 0.2) is 0 Å². The average Bonchev–Trinajstić information content (AvgIpc) is 2.53. The molecule has 1 aliphatic rings. The molecule has 15 heavy (non-hydrogen) atoms. The van der Waals surface area contributed by atoms with Crippen LogP contribution in [-0.4, -0.2) is 22.6 Å². The van der Waals surface area contributed by atoms with Crippen molar-refractivity contribution < 1.29 is 0 Å². The van der Waals surface area contributed by atoms with E-state index in [2.05, 4.69) is 44.6 Å². The Kier molecular flexibility index (Phi) is 3.16. The molecule has 0 saturated carbocycles. The van der Waals surface area contributed by atoms with Crippen molar-refractivity contribution in [1.29, 1.82) is 0 Å². The van der Waals surface area contributed by atoms with Crippen LogP contribution in [-0.2, 0) is 0 Å². The van der Waals surface area contributed by atoms with Crippen molar-refractivity contribution in [2.24, 2.45) is 5.92 Å². The van der Waals surface area contributed by atoms with Gasteiger partial charge in [-0.3, -0.25) is 0 Å². The highest BCUT2D eigenvalue weighted by molar-refractivity contribution is 9.10. The minimum Gasteiger partial charge on any atom is -0.353 e. The molecular weight excluding hydrogens is 277 g/mol. The monoisotopic (exact) mass is 289 g/mol. The van der Waals surface area contributed by atoms with Crippen molar-refractivity contribution in [3.8, 4) is 0 Å². The molecule has 82 valence electrons. The lowest BCUT2D eigenvalue weighted by atomic mass is 10.1. The van der Waals surface area contributed by atoms with Crippen LogP contribution in [0.25, 0.3) is 0 Å². The van der Waals surface area contributed by atoms with Gasteiger partial charge in [0.2, 0.25) is 0 Å². The summed E-state index contributed by atoms with van der Waals surface area (Å²) in [5, 5.41) is 0.478. The molecule has 0 aromatic carbocycles. The highest BCUT2D eigenvalue weighted by Gasteiger charge is 2.29. The molecule has 1 fully saturated rings.